The van der Waals surface area contributed by atoms with Gasteiger partial charge in [-0.15, -0.1) is 0 Å². The van der Waals surface area contributed by atoms with Crippen LogP contribution in [0.15, 0.2) is 11.8 Å². The molecular formula is C16H32O3. The van der Waals surface area contributed by atoms with Gasteiger partial charge in [-0.1, -0.05) is 64.7 Å². The molecule has 1 unspecified atom stereocenters. The molecule has 0 aliphatic rings. The number of aliphatic hydroxyl groups is 3. The number of allylic oxidation sites excluding steroid dienone is 1. The van der Waals surface area contributed by atoms with Crippen molar-refractivity contribution in [2.75, 3.05) is 6.61 Å². The Hall–Kier alpha value is -0.540. The molecule has 114 valence electrons. The van der Waals surface area contributed by atoms with Crippen LogP contribution < -0.4 is 0 Å². The third kappa shape index (κ3) is 12.2. The molecule has 0 aromatic heterocycles. The molecule has 1 atom stereocenters. The minimum absolute atomic E-state index is 0.0987. The highest BCUT2D eigenvalue weighted by Crippen LogP contribution is 2.12. The summed E-state index contributed by atoms with van der Waals surface area (Å²) in [5.41, 5.74) is 0. The zero-order chi connectivity index (χ0) is 14.3. The Labute approximate surface area is 118 Å². The predicted octanol–water partition coefficient (Wildman–Crippen LogP) is 4.09. The minimum Gasteiger partial charge on any atom is -0.510 e. The molecule has 3 heteroatoms. The molecule has 0 spiro atoms. The molecule has 0 amide bonds. The second-order valence-corrected chi connectivity index (χ2v) is 5.30. The molecule has 3 nitrogen and oxygen atoms in total. The first-order chi connectivity index (χ1) is 9.22. The summed E-state index contributed by atoms with van der Waals surface area (Å²) in [5, 5.41) is 27.1. The SMILES string of the molecule is CCCCCCCCCCCCC=C(O)C(O)CO. The van der Waals surface area contributed by atoms with Crippen LogP contribution in [0.2, 0.25) is 0 Å². The van der Waals surface area contributed by atoms with E-state index in [1.807, 2.05) is 0 Å². The summed E-state index contributed by atoms with van der Waals surface area (Å²) in [6, 6.07) is 0. The molecule has 0 heterocycles. The molecule has 0 radical (unpaired) electrons. The van der Waals surface area contributed by atoms with Crippen LogP contribution in [0.3, 0.4) is 0 Å². The first-order valence-electron chi connectivity index (χ1n) is 7.90. The third-order valence-electron chi connectivity index (χ3n) is 3.43. The van der Waals surface area contributed by atoms with E-state index >= 15 is 0 Å². The van der Waals surface area contributed by atoms with E-state index in [-0.39, 0.29) is 5.76 Å². The van der Waals surface area contributed by atoms with Crippen LogP contribution >= 0.6 is 0 Å². The predicted molar refractivity (Wildman–Crippen MR) is 80.3 cm³/mol. The van der Waals surface area contributed by atoms with Gasteiger partial charge in [0, 0.05) is 0 Å². The van der Waals surface area contributed by atoms with Gasteiger partial charge in [0.2, 0.25) is 0 Å². The van der Waals surface area contributed by atoms with Crippen LogP contribution in [0.1, 0.15) is 77.6 Å². The summed E-state index contributed by atoms with van der Waals surface area (Å²) in [6.07, 6.45) is 14.2. The molecule has 3 N–H and O–H groups in total. The molecule has 0 aliphatic carbocycles. The average molecular weight is 272 g/mol. The fourth-order valence-electron chi connectivity index (χ4n) is 2.11. The van der Waals surface area contributed by atoms with Crippen LogP contribution in [-0.4, -0.2) is 28.0 Å². The maximum atomic E-state index is 9.31. The van der Waals surface area contributed by atoms with Crippen molar-refractivity contribution < 1.29 is 15.3 Å². The molecule has 0 saturated heterocycles. The molecule has 0 fully saturated rings. The summed E-state index contributed by atoms with van der Waals surface area (Å²) in [6.45, 7) is 1.83. The highest BCUT2D eigenvalue weighted by atomic mass is 16.3. The van der Waals surface area contributed by atoms with E-state index in [4.69, 9.17) is 10.2 Å². The zero-order valence-corrected chi connectivity index (χ0v) is 12.5. The largest absolute Gasteiger partial charge is 0.510 e. The molecule has 0 rings (SSSR count). The molecular weight excluding hydrogens is 240 g/mol. The van der Waals surface area contributed by atoms with Crippen molar-refractivity contribution in [2.45, 2.75) is 83.7 Å². The summed E-state index contributed by atoms with van der Waals surface area (Å²) in [4.78, 5) is 0. The Morgan fingerprint density at radius 2 is 1.37 bits per heavy atom. The second-order valence-electron chi connectivity index (χ2n) is 5.30. The first kappa shape index (κ1) is 18.5. The number of unbranched alkanes of at least 4 members (excludes halogenated alkanes) is 10. The van der Waals surface area contributed by atoms with Crippen LogP contribution in [0.4, 0.5) is 0 Å². The summed E-state index contributed by atoms with van der Waals surface area (Å²) in [5.74, 6) is -0.0987. The summed E-state index contributed by atoms with van der Waals surface area (Å²) in [7, 11) is 0. The Morgan fingerprint density at radius 3 is 1.84 bits per heavy atom. The Kier molecular flexibility index (Phi) is 13.5. The van der Waals surface area contributed by atoms with Crippen molar-refractivity contribution in [3.63, 3.8) is 0 Å². The van der Waals surface area contributed by atoms with E-state index < -0.39 is 12.7 Å². The zero-order valence-electron chi connectivity index (χ0n) is 12.5. The van der Waals surface area contributed by atoms with Gasteiger partial charge in [0.25, 0.3) is 0 Å². The molecule has 0 aliphatic heterocycles. The van der Waals surface area contributed by atoms with E-state index in [0.717, 1.165) is 12.8 Å². The van der Waals surface area contributed by atoms with Gasteiger partial charge in [-0.05, 0) is 18.9 Å². The normalized spacial score (nSPS) is 13.7. The first-order valence-corrected chi connectivity index (χ1v) is 7.90. The van der Waals surface area contributed by atoms with Crippen LogP contribution in [0.5, 0.6) is 0 Å². The number of hydrogen-bond acceptors (Lipinski definition) is 3. The molecule has 0 bridgehead atoms. The van der Waals surface area contributed by atoms with Gasteiger partial charge >= 0.3 is 0 Å². The summed E-state index contributed by atoms with van der Waals surface area (Å²) >= 11 is 0. The quantitative estimate of drug-likeness (QED) is 0.349. The Morgan fingerprint density at radius 1 is 0.895 bits per heavy atom. The van der Waals surface area contributed by atoms with Crippen LogP contribution in [0, 0.1) is 0 Å². The van der Waals surface area contributed by atoms with Gasteiger partial charge in [0.15, 0.2) is 0 Å². The van der Waals surface area contributed by atoms with Crippen molar-refractivity contribution in [3.05, 3.63) is 11.8 Å². The van der Waals surface area contributed by atoms with Crippen molar-refractivity contribution in [1.82, 2.24) is 0 Å². The maximum absolute atomic E-state index is 9.31. The minimum atomic E-state index is -1.11. The molecule has 0 aromatic rings. The number of hydrogen-bond donors (Lipinski definition) is 3. The number of rotatable bonds is 13. The lowest BCUT2D eigenvalue weighted by molar-refractivity contribution is 0.0866. The van der Waals surface area contributed by atoms with Crippen LogP contribution in [0.25, 0.3) is 0 Å². The topological polar surface area (TPSA) is 60.7 Å². The van der Waals surface area contributed by atoms with Crippen molar-refractivity contribution in [1.29, 1.82) is 0 Å². The van der Waals surface area contributed by atoms with E-state index in [9.17, 15) is 5.11 Å². The highest BCUT2D eigenvalue weighted by molar-refractivity contribution is 4.97. The van der Waals surface area contributed by atoms with Gasteiger partial charge in [-0.25, -0.2) is 0 Å². The van der Waals surface area contributed by atoms with Gasteiger partial charge in [0.1, 0.15) is 11.9 Å². The van der Waals surface area contributed by atoms with Gasteiger partial charge in [-0.3, -0.25) is 0 Å². The Balaban J connectivity index is 3.23. The smallest absolute Gasteiger partial charge is 0.133 e. The van der Waals surface area contributed by atoms with E-state index in [0.29, 0.717) is 0 Å². The highest BCUT2D eigenvalue weighted by Gasteiger charge is 2.05. The van der Waals surface area contributed by atoms with E-state index in [1.54, 1.807) is 6.08 Å². The number of aliphatic hydroxyl groups excluding tert-OH is 3. The Bertz CT molecular complexity index is 214. The van der Waals surface area contributed by atoms with Crippen molar-refractivity contribution in [3.8, 4) is 0 Å². The van der Waals surface area contributed by atoms with E-state index in [1.165, 1.54) is 57.8 Å². The van der Waals surface area contributed by atoms with Crippen molar-refractivity contribution in [2.24, 2.45) is 0 Å². The third-order valence-corrected chi connectivity index (χ3v) is 3.43. The second kappa shape index (κ2) is 13.9. The molecule has 0 saturated carbocycles. The van der Waals surface area contributed by atoms with Gasteiger partial charge < -0.3 is 15.3 Å². The molecule has 0 aromatic carbocycles. The standard InChI is InChI=1S/C16H32O3/c1-2-3-4-5-6-7-8-9-10-11-12-13-15(18)16(19)14-17/h13,16-19H,2-12,14H2,1H3. The van der Waals surface area contributed by atoms with E-state index in [2.05, 4.69) is 6.92 Å². The van der Waals surface area contributed by atoms with Gasteiger partial charge in [-0.2, -0.15) is 0 Å². The fraction of sp³-hybridized carbons (Fsp3) is 0.875. The van der Waals surface area contributed by atoms with Crippen molar-refractivity contribution >= 4 is 0 Å². The lowest BCUT2D eigenvalue weighted by Crippen LogP contribution is -2.14. The monoisotopic (exact) mass is 272 g/mol. The fourth-order valence-corrected chi connectivity index (χ4v) is 2.11. The lowest BCUT2D eigenvalue weighted by atomic mass is 10.1. The summed E-state index contributed by atoms with van der Waals surface area (Å²) < 4.78 is 0. The maximum Gasteiger partial charge on any atom is 0.133 e. The van der Waals surface area contributed by atoms with Gasteiger partial charge in [0.05, 0.1) is 6.61 Å². The van der Waals surface area contributed by atoms with Crippen LogP contribution in [-0.2, 0) is 0 Å². The average Bonchev–Trinajstić information content (AvgIpc) is 2.43. The molecule has 19 heavy (non-hydrogen) atoms. The lowest BCUT2D eigenvalue weighted by Gasteiger charge is -2.05.